The highest BCUT2D eigenvalue weighted by molar-refractivity contribution is 6.34. The lowest BCUT2D eigenvalue weighted by atomic mass is 10.2. The first-order valence-electron chi connectivity index (χ1n) is 6.45. The van der Waals surface area contributed by atoms with Crippen LogP contribution in [0.3, 0.4) is 0 Å². The minimum Gasteiger partial charge on any atom is -0.281 e. The van der Waals surface area contributed by atoms with Crippen LogP contribution in [0.1, 0.15) is 22.8 Å². The Morgan fingerprint density at radius 1 is 1.36 bits per heavy atom. The van der Waals surface area contributed by atoms with Gasteiger partial charge in [-0.2, -0.15) is 0 Å². The first-order chi connectivity index (χ1) is 10.6. The summed E-state index contributed by atoms with van der Waals surface area (Å²) in [5.74, 6) is 2.43. The molecule has 0 aliphatic carbocycles. The van der Waals surface area contributed by atoms with Crippen molar-refractivity contribution in [2.45, 2.75) is 13.3 Å². The Morgan fingerprint density at radius 3 is 2.73 bits per heavy atom. The molecular formula is C15H12Cl2N4O. The quantitative estimate of drug-likeness (QED) is 0.806. The van der Waals surface area contributed by atoms with Gasteiger partial charge in [-0.1, -0.05) is 42.1 Å². The molecule has 0 spiro atoms. The van der Waals surface area contributed by atoms with Gasteiger partial charge >= 0.3 is 0 Å². The zero-order chi connectivity index (χ0) is 16.1. The van der Waals surface area contributed by atoms with Gasteiger partial charge in [0, 0.05) is 6.20 Å². The lowest BCUT2D eigenvalue weighted by Gasteiger charge is -2.19. The van der Waals surface area contributed by atoms with E-state index in [-0.39, 0.29) is 22.4 Å². The summed E-state index contributed by atoms with van der Waals surface area (Å²) >= 11 is 11.7. The molecule has 2 rings (SSSR count). The first kappa shape index (κ1) is 16.2. The van der Waals surface area contributed by atoms with Gasteiger partial charge in [0.05, 0.1) is 12.1 Å². The van der Waals surface area contributed by atoms with E-state index in [0.29, 0.717) is 5.82 Å². The summed E-state index contributed by atoms with van der Waals surface area (Å²) in [5, 5.41) is 7.24. The van der Waals surface area contributed by atoms with E-state index in [4.69, 9.17) is 29.6 Å². The molecule has 0 saturated carbocycles. The summed E-state index contributed by atoms with van der Waals surface area (Å²) in [5.41, 5.74) is 1.18. The van der Waals surface area contributed by atoms with Crippen LogP contribution in [0.25, 0.3) is 0 Å². The topological polar surface area (TPSA) is 59.0 Å². The minimum atomic E-state index is -0.434. The molecule has 112 valence electrons. The molecule has 0 atom stereocenters. The Labute approximate surface area is 138 Å². The highest BCUT2D eigenvalue weighted by Gasteiger charge is 2.22. The number of carbonyl (C=O) groups is 1. The van der Waals surface area contributed by atoms with Gasteiger partial charge in [0.25, 0.3) is 5.91 Å². The fraction of sp³-hybridized carbons (Fsp3) is 0.200. The van der Waals surface area contributed by atoms with E-state index in [0.717, 1.165) is 12.0 Å². The number of hydrogen-bond acceptors (Lipinski definition) is 4. The molecule has 0 radical (unpaired) electrons. The first-order valence-corrected chi connectivity index (χ1v) is 7.21. The molecule has 7 heteroatoms. The van der Waals surface area contributed by atoms with Crippen LogP contribution in [0.4, 0.5) is 5.82 Å². The molecule has 2 aromatic heterocycles. The second-order valence-corrected chi connectivity index (χ2v) is 5.09. The van der Waals surface area contributed by atoms with Gasteiger partial charge in [-0.3, -0.25) is 9.69 Å². The molecule has 1 amide bonds. The largest absolute Gasteiger partial charge is 0.281 e. The number of carbonyl (C=O) groups excluding carboxylic acids is 1. The van der Waals surface area contributed by atoms with Gasteiger partial charge in [-0.25, -0.2) is 4.98 Å². The predicted molar refractivity (Wildman–Crippen MR) is 86.2 cm³/mol. The lowest BCUT2D eigenvalue weighted by molar-refractivity contribution is 0.0989. The van der Waals surface area contributed by atoms with E-state index in [1.54, 1.807) is 12.3 Å². The molecule has 2 aromatic rings. The van der Waals surface area contributed by atoms with Gasteiger partial charge in [-0.05, 0) is 24.1 Å². The predicted octanol–water partition coefficient (Wildman–Crippen LogP) is 3.02. The summed E-state index contributed by atoms with van der Waals surface area (Å²) in [6.07, 6.45) is 7.90. The maximum absolute atomic E-state index is 12.6. The number of terminal acetylenes is 1. The maximum Gasteiger partial charge on any atom is 0.263 e. The Kier molecular flexibility index (Phi) is 5.31. The van der Waals surface area contributed by atoms with E-state index in [2.05, 4.69) is 21.1 Å². The van der Waals surface area contributed by atoms with Gasteiger partial charge in [0.1, 0.15) is 5.82 Å². The third kappa shape index (κ3) is 3.53. The zero-order valence-electron chi connectivity index (χ0n) is 11.8. The number of pyridine rings is 1. The van der Waals surface area contributed by atoms with Crippen LogP contribution >= 0.6 is 23.2 Å². The Morgan fingerprint density at radius 2 is 2.14 bits per heavy atom. The molecule has 0 N–H and O–H groups in total. The molecule has 5 nitrogen and oxygen atoms in total. The van der Waals surface area contributed by atoms with Gasteiger partial charge in [0.15, 0.2) is 10.3 Å². The Hall–Kier alpha value is -2.16. The molecule has 0 bridgehead atoms. The summed E-state index contributed by atoms with van der Waals surface area (Å²) in [7, 11) is 0. The van der Waals surface area contributed by atoms with Crippen LogP contribution in [0.15, 0.2) is 24.4 Å². The number of aryl methyl sites for hydroxylation is 1. The molecule has 22 heavy (non-hydrogen) atoms. The van der Waals surface area contributed by atoms with E-state index < -0.39 is 5.91 Å². The van der Waals surface area contributed by atoms with Crippen LogP contribution in [-0.2, 0) is 6.42 Å². The second-order valence-electron chi connectivity index (χ2n) is 4.35. The number of anilines is 1. The molecule has 0 aliphatic rings. The Bertz CT molecular complexity index is 725. The fourth-order valence-corrected chi connectivity index (χ4v) is 2.10. The average Bonchev–Trinajstić information content (AvgIpc) is 2.54. The number of rotatable bonds is 4. The molecule has 0 unspecified atom stereocenters. The summed E-state index contributed by atoms with van der Waals surface area (Å²) in [4.78, 5) is 18.2. The van der Waals surface area contributed by atoms with Gasteiger partial charge < -0.3 is 0 Å². The van der Waals surface area contributed by atoms with E-state index in [9.17, 15) is 4.79 Å². The fourth-order valence-electron chi connectivity index (χ4n) is 1.78. The van der Waals surface area contributed by atoms with Crippen molar-refractivity contribution >= 4 is 34.9 Å². The zero-order valence-corrected chi connectivity index (χ0v) is 13.3. The van der Waals surface area contributed by atoms with Crippen molar-refractivity contribution in [1.82, 2.24) is 15.2 Å². The Balaban J connectivity index is 2.40. The number of amides is 1. The van der Waals surface area contributed by atoms with Crippen LogP contribution in [0.2, 0.25) is 10.3 Å². The average molecular weight is 335 g/mol. The van der Waals surface area contributed by atoms with Crippen LogP contribution in [-0.4, -0.2) is 27.6 Å². The molecular weight excluding hydrogens is 323 g/mol. The number of halogens is 2. The SMILES string of the molecule is C#CCN(C(=O)c1cc(Cl)nnc1Cl)c1ccc(CC)cn1. The molecule has 2 heterocycles. The highest BCUT2D eigenvalue weighted by Crippen LogP contribution is 2.21. The van der Waals surface area contributed by atoms with Crippen LogP contribution in [0.5, 0.6) is 0 Å². The van der Waals surface area contributed by atoms with Crippen molar-refractivity contribution in [2.24, 2.45) is 0 Å². The van der Waals surface area contributed by atoms with Gasteiger partial charge in [-0.15, -0.1) is 16.6 Å². The lowest BCUT2D eigenvalue weighted by Crippen LogP contribution is -2.32. The molecule has 0 saturated heterocycles. The number of aromatic nitrogens is 3. The van der Waals surface area contributed by atoms with Crippen molar-refractivity contribution in [1.29, 1.82) is 0 Å². The van der Waals surface area contributed by atoms with Crippen molar-refractivity contribution in [3.8, 4) is 12.3 Å². The molecule has 0 fully saturated rings. The maximum atomic E-state index is 12.6. The third-order valence-electron chi connectivity index (χ3n) is 2.94. The molecule has 0 aromatic carbocycles. The number of hydrogen-bond donors (Lipinski definition) is 0. The smallest absolute Gasteiger partial charge is 0.263 e. The van der Waals surface area contributed by atoms with E-state index in [1.807, 2.05) is 13.0 Å². The van der Waals surface area contributed by atoms with Crippen molar-refractivity contribution in [3.63, 3.8) is 0 Å². The second kappa shape index (κ2) is 7.21. The van der Waals surface area contributed by atoms with Crippen molar-refractivity contribution in [2.75, 3.05) is 11.4 Å². The normalized spacial score (nSPS) is 10.1. The highest BCUT2D eigenvalue weighted by atomic mass is 35.5. The third-order valence-corrected chi connectivity index (χ3v) is 3.40. The molecule has 0 aliphatic heterocycles. The summed E-state index contributed by atoms with van der Waals surface area (Å²) in [6, 6.07) is 4.97. The van der Waals surface area contributed by atoms with E-state index in [1.165, 1.54) is 11.0 Å². The van der Waals surface area contributed by atoms with Gasteiger partial charge in [0.2, 0.25) is 0 Å². The van der Waals surface area contributed by atoms with Crippen LogP contribution < -0.4 is 4.90 Å². The van der Waals surface area contributed by atoms with E-state index >= 15 is 0 Å². The summed E-state index contributed by atoms with van der Waals surface area (Å²) < 4.78 is 0. The monoisotopic (exact) mass is 334 g/mol. The van der Waals surface area contributed by atoms with Crippen molar-refractivity contribution < 1.29 is 4.79 Å². The van der Waals surface area contributed by atoms with Crippen molar-refractivity contribution in [3.05, 3.63) is 45.8 Å². The minimum absolute atomic E-state index is 0.0402. The van der Waals surface area contributed by atoms with Crippen LogP contribution in [0, 0.1) is 12.3 Å². The summed E-state index contributed by atoms with van der Waals surface area (Å²) in [6.45, 7) is 2.07. The number of nitrogens with zero attached hydrogens (tertiary/aromatic N) is 4. The standard InChI is InChI=1S/C15H12Cl2N4O/c1-3-7-21(13-6-5-10(4-2)9-18-13)15(22)11-8-12(16)19-20-14(11)17/h1,5-6,8-9H,4,7H2,2H3.